The molecule has 1 N–H and O–H groups in total. The summed E-state index contributed by atoms with van der Waals surface area (Å²) in [5, 5.41) is 8.68. The molecule has 0 radical (unpaired) electrons. The zero-order chi connectivity index (χ0) is 22.5. The largest absolute Gasteiger partial charge is 0.493 e. The zero-order valence-electron chi connectivity index (χ0n) is 18.9. The minimum atomic E-state index is 0.0804. The van der Waals surface area contributed by atoms with Gasteiger partial charge in [-0.25, -0.2) is 9.50 Å². The predicted molar refractivity (Wildman–Crippen MR) is 127 cm³/mol. The van der Waals surface area contributed by atoms with Crippen LogP contribution in [0.25, 0.3) is 16.8 Å². The number of ether oxygens (including phenoxy) is 2. The molecular weight excluding hydrogens is 424 g/mol. The van der Waals surface area contributed by atoms with E-state index in [2.05, 4.69) is 10.4 Å². The Kier molecular flexibility index (Phi) is 7.19. The molecule has 1 aliphatic carbocycles. The third-order valence-electron chi connectivity index (χ3n) is 5.83. The first-order chi connectivity index (χ1) is 15.6. The van der Waals surface area contributed by atoms with Crippen LogP contribution < -0.4 is 14.8 Å². The van der Waals surface area contributed by atoms with Gasteiger partial charge >= 0.3 is 0 Å². The summed E-state index contributed by atoms with van der Waals surface area (Å²) in [6, 6.07) is 8.05. The van der Waals surface area contributed by atoms with Crippen molar-refractivity contribution in [3.05, 3.63) is 36.2 Å². The minimum absolute atomic E-state index is 0.0804. The number of thioether (sulfide) groups is 1. The molecule has 8 heteroatoms. The molecule has 1 aromatic carbocycles. The van der Waals surface area contributed by atoms with Gasteiger partial charge in [0.05, 0.1) is 26.2 Å². The summed E-state index contributed by atoms with van der Waals surface area (Å²) >= 11 is 1.49. The van der Waals surface area contributed by atoms with E-state index in [1.165, 1.54) is 37.4 Å². The number of aromatic nitrogens is 3. The van der Waals surface area contributed by atoms with Crippen LogP contribution in [-0.2, 0) is 4.79 Å². The van der Waals surface area contributed by atoms with Crippen LogP contribution in [0.3, 0.4) is 0 Å². The van der Waals surface area contributed by atoms with E-state index in [1.807, 2.05) is 35.7 Å². The maximum atomic E-state index is 12.6. The summed E-state index contributed by atoms with van der Waals surface area (Å²) in [4.78, 5) is 17.3. The first kappa shape index (κ1) is 22.5. The molecule has 0 unspecified atom stereocenters. The Bertz CT molecular complexity index is 1090. The van der Waals surface area contributed by atoms with E-state index in [1.54, 1.807) is 20.4 Å². The minimum Gasteiger partial charge on any atom is -0.493 e. The van der Waals surface area contributed by atoms with Crippen LogP contribution in [-0.4, -0.2) is 46.5 Å². The SMILES string of the molecule is COc1ccc(-c2cnn3c(SCC(=O)NC4CCCCCC4)cc(C)nc23)cc1OC. The van der Waals surface area contributed by atoms with Crippen LogP contribution in [0.4, 0.5) is 0 Å². The lowest BCUT2D eigenvalue weighted by atomic mass is 10.1. The van der Waals surface area contributed by atoms with Crippen molar-refractivity contribution in [1.29, 1.82) is 0 Å². The highest BCUT2D eigenvalue weighted by Crippen LogP contribution is 2.34. The molecule has 1 amide bonds. The maximum Gasteiger partial charge on any atom is 0.230 e. The van der Waals surface area contributed by atoms with Gasteiger partial charge in [-0.05, 0) is 43.5 Å². The van der Waals surface area contributed by atoms with Gasteiger partial charge < -0.3 is 14.8 Å². The quantitative estimate of drug-likeness (QED) is 0.318. The molecule has 2 aromatic heterocycles. The molecule has 170 valence electrons. The standard InChI is InChI=1S/C24H30N4O3S/c1-16-12-23(32-15-22(29)27-18-8-6-4-5-7-9-18)28-24(26-16)19(14-25-28)17-10-11-20(30-2)21(13-17)31-3/h10-14,18H,4-9,15H2,1-3H3,(H,27,29). The molecule has 0 atom stereocenters. The van der Waals surface area contributed by atoms with Gasteiger partial charge in [0, 0.05) is 17.3 Å². The Morgan fingerprint density at radius 3 is 2.59 bits per heavy atom. The number of carbonyl (C=O) groups excluding carboxylic acids is 1. The second-order valence-corrected chi connectivity index (χ2v) is 9.14. The number of nitrogens with zero attached hydrogens (tertiary/aromatic N) is 3. The maximum absolute atomic E-state index is 12.6. The van der Waals surface area contributed by atoms with Gasteiger partial charge in [0.25, 0.3) is 0 Å². The van der Waals surface area contributed by atoms with Gasteiger partial charge in [-0.2, -0.15) is 5.10 Å². The Morgan fingerprint density at radius 2 is 1.88 bits per heavy atom. The number of fused-ring (bicyclic) bond motifs is 1. The second-order valence-electron chi connectivity index (χ2n) is 8.14. The molecule has 1 saturated carbocycles. The summed E-state index contributed by atoms with van der Waals surface area (Å²) in [6.07, 6.45) is 8.93. The monoisotopic (exact) mass is 454 g/mol. The summed E-state index contributed by atoms with van der Waals surface area (Å²) in [6.45, 7) is 1.96. The Labute approximate surface area is 192 Å². The van der Waals surface area contributed by atoms with Crippen molar-refractivity contribution in [3.63, 3.8) is 0 Å². The Morgan fingerprint density at radius 1 is 1.12 bits per heavy atom. The molecule has 0 spiro atoms. The first-order valence-corrected chi connectivity index (χ1v) is 12.1. The van der Waals surface area contributed by atoms with E-state index < -0.39 is 0 Å². The van der Waals surface area contributed by atoms with Crippen molar-refractivity contribution in [2.24, 2.45) is 0 Å². The number of rotatable bonds is 7. The lowest BCUT2D eigenvalue weighted by molar-refractivity contribution is -0.119. The fourth-order valence-corrected chi connectivity index (χ4v) is 5.06. The van der Waals surface area contributed by atoms with Crippen LogP contribution in [0.15, 0.2) is 35.5 Å². The van der Waals surface area contributed by atoms with E-state index in [0.717, 1.165) is 40.3 Å². The molecule has 32 heavy (non-hydrogen) atoms. The van der Waals surface area contributed by atoms with Crippen molar-refractivity contribution in [2.75, 3.05) is 20.0 Å². The van der Waals surface area contributed by atoms with E-state index in [-0.39, 0.29) is 5.91 Å². The normalized spacial score (nSPS) is 14.8. The first-order valence-electron chi connectivity index (χ1n) is 11.1. The van der Waals surface area contributed by atoms with Gasteiger partial charge in [0.1, 0.15) is 5.03 Å². The van der Waals surface area contributed by atoms with E-state index >= 15 is 0 Å². The molecule has 2 heterocycles. The summed E-state index contributed by atoms with van der Waals surface area (Å²) in [5.41, 5.74) is 3.48. The second kappa shape index (κ2) is 10.3. The van der Waals surface area contributed by atoms with Crippen molar-refractivity contribution >= 4 is 23.3 Å². The van der Waals surface area contributed by atoms with E-state index in [4.69, 9.17) is 14.5 Å². The number of benzene rings is 1. The summed E-state index contributed by atoms with van der Waals surface area (Å²) in [5.74, 6) is 1.77. The van der Waals surface area contributed by atoms with E-state index in [9.17, 15) is 4.79 Å². The van der Waals surface area contributed by atoms with Gasteiger partial charge in [0.15, 0.2) is 17.1 Å². The molecule has 0 saturated heterocycles. The molecular formula is C24H30N4O3S. The number of nitrogens with one attached hydrogen (secondary N) is 1. The number of aryl methyl sites for hydroxylation is 1. The highest BCUT2D eigenvalue weighted by molar-refractivity contribution is 7.99. The van der Waals surface area contributed by atoms with Crippen molar-refractivity contribution in [3.8, 4) is 22.6 Å². The summed E-state index contributed by atoms with van der Waals surface area (Å²) in [7, 11) is 3.24. The topological polar surface area (TPSA) is 77.8 Å². The van der Waals surface area contributed by atoms with Crippen LogP contribution in [0, 0.1) is 6.92 Å². The van der Waals surface area contributed by atoms with Crippen LogP contribution in [0.5, 0.6) is 11.5 Å². The Balaban J connectivity index is 1.54. The fourth-order valence-electron chi connectivity index (χ4n) is 4.19. The lowest BCUT2D eigenvalue weighted by Gasteiger charge is -2.16. The lowest BCUT2D eigenvalue weighted by Crippen LogP contribution is -2.35. The van der Waals surface area contributed by atoms with Gasteiger partial charge in [0.2, 0.25) is 5.91 Å². The van der Waals surface area contributed by atoms with Crippen LogP contribution >= 0.6 is 11.8 Å². The molecule has 3 aromatic rings. The number of methoxy groups -OCH3 is 2. The van der Waals surface area contributed by atoms with Crippen LogP contribution in [0.1, 0.15) is 44.2 Å². The van der Waals surface area contributed by atoms with Crippen molar-refractivity contribution in [1.82, 2.24) is 19.9 Å². The Hall–Kier alpha value is -2.74. The molecule has 7 nitrogen and oxygen atoms in total. The third-order valence-corrected chi connectivity index (χ3v) is 6.83. The number of hydrogen-bond donors (Lipinski definition) is 1. The average molecular weight is 455 g/mol. The highest BCUT2D eigenvalue weighted by atomic mass is 32.2. The smallest absolute Gasteiger partial charge is 0.230 e. The average Bonchev–Trinajstić information content (AvgIpc) is 3.05. The van der Waals surface area contributed by atoms with Crippen molar-refractivity contribution in [2.45, 2.75) is 56.5 Å². The molecule has 0 aliphatic heterocycles. The fraction of sp³-hybridized carbons (Fsp3) is 0.458. The number of amides is 1. The number of carbonyl (C=O) groups is 1. The molecule has 4 rings (SSSR count). The van der Waals surface area contributed by atoms with Gasteiger partial charge in [-0.1, -0.05) is 43.5 Å². The zero-order valence-corrected chi connectivity index (χ0v) is 19.7. The van der Waals surface area contributed by atoms with Crippen LogP contribution in [0.2, 0.25) is 0 Å². The van der Waals surface area contributed by atoms with Gasteiger partial charge in [-0.3, -0.25) is 4.79 Å². The predicted octanol–water partition coefficient (Wildman–Crippen LogP) is 4.65. The van der Waals surface area contributed by atoms with Crippen molar-refractivity contribution < 1.29 is 14.3 Å². The highest BCUT2D eigenvalue weighted by Gasteiger charge is 2.17. The molecule has 0 bridgehead atoms. The third kappa shape index (κ3) is 5.01. The molecule has 1 fully saturated rings. The molecule has 1 aliphatic rings. The van der Waals surface area contributed by atoms with Gasteiger partial charge in [-0.15, -0.1) is 0 Å². The van der Waals surface area contributed by atoms with E-state index in [0.29, 0.717) is 23.3 Å². The number of hydrogen-bond acceptors (Lipinski definition) is 6. The summed E-state index contributed by atoms with van der Waals surface area (Å²) < 4.78 is 12.6.